The lowest BCUT2D eigenvalue weighted by Crippen LogP contribution is -2.55. The van der Waals surface area contributed by atoms with E-state index in [4.69, 9.17) is 4.74 Å². The van der Waals surface area contributed by atoms with Crippen molar-refractivity contribution in [1.29, 1.82) is 0 Å². The number of piperazine rings is 1. The first-order valence-electron chi connectivity index (χ1n) is 9.55. The molecule has 0 amide bonds. The molecule has 0 N–H and O–H groups in total. The van der Waals surface area contributed by atoms with E-state index in [1.54, 1.807) is 13.1 Å². The summed E-state index contributed by atoms with van der Waals surface area (Å²) < 4.78 is 34.1. The number of esters is 1. The molecule has 0 spiro atoms. The van der Waals surface area contributed by atoms with Crippen molar-refractivity contribution >= 4 is 16.2 Å². The lowest BCUT2D eigenvalue weighted by Gasteiger charge is -2.38. The summed E-state index contributed by atoms with van der Waals surface area (Å²) in [4.78, 5) is 18.5. The molecule has 0 radical (unpaired) electrons. The third kappa shape index (κ3) is 5.04. The maximum Gasteiger partial charge on any atom is 0.310 e. The lowest BCUT2D eigenvalue weighted by molar-refractivity contribution is -0.149. The van der Waals surface area contributed by atoms with Gasteiger partial charge in [-0.2, -0.15) is 17.0 Å². The first-order valence-corrected chi connectivity index (χ1v) is 10.9. The van der Waals surface area contributed by atoms with Gasteiger partial charge in [0, 0.05) is 52.0 Å². The number of aromatic nitrogens is 1. The Morgan fingerprint density at radius 3 is 2.63 bits per heavy atom. The number of nitrogens with zero attached hydrogens (tertiary/aromatic N) is 4. The van der Waals surface area contributed by atoms with Crippen molar-refractivity contribution in [1.82, 2.24) is 18.5 Å². The SMILES string of the molecule is CCOC(=O)[C@@H]1CCCN(S(=O)(=O)N2CCN(Cc3ccccn3)CC2)C1. The van der Waals surface area contributed by atoms with Gasteiger partial charge < -0.3 is 4.74 Å². The van der Waals surface area contributed by atoms with Crippen LogP contribution in [0.5, 0.6) is 0 Å². The summed E-state index contributed by atoms with van der Waals surface area (Å²) in [6.07, 6.45) is 3.14. The highest BCUT2D eigenvalue weighted by Gasteiger charge is 2.37. The van der Waals surface area contributed by atoms with Crippen molar-refractivity contribution in [2.24, 2.45) is 5.92 Å². The van der Waals surface area contributed by atoms with Crippen LogP contribution in [0.15, 0.2) is 24.4 Å². The van der Waals surface area contributed by atoms with E-state index in [1.807, 2.05) is 18.2 Å². The monoisotopic (exact) mass is 396 g/mol. The van der Waals surface area contributed by atoms with E-state index in [1.165, 1.54) is 8.61 Å². The summed E-state index contributed by atoms with van der Waals surface area (Å²) in [7, 11) is -3.55. The van der Waals surface area contributed by atoms with E-state index < -0.39 is 10.2 Å². The Kier molecular flexibility index (Phi) is 6.80. The van der Waals surface area contributed by atoms with Crippen molar-refractivity contribution in [3.05, 3.63) is 30.1 Å². The topological polar surface area (TPSA) is 83.0 Å². The van der Waals surface area contributed by atoms with E-state index in [9.17, 15) is 13.2 Å². The molecule has 150 valence electrons. The highest BCUT2D eigenvalue weighted by atomic mass is 32.2. The molecular formula is C18H28N4O4S. The zero-order valence-corrected chi connectivity index (χ0v) is 16.6. The summed E-state index contributed by atoms with van der Waals surface area (Å²) in [5, 5.41) is 0. The minimum absolute atomic E-state index is 0.218. The Bertz CT molecular complexity index is 720. The molecule has 1 aromatic heterocycles. The normalized spacial score (nSPS) is 23.2. The molecule has 8 nitrogen and oxygen atoms in total. The number of pyridine rings is 1. The molecule has 0 aliphatic carbocycles. The Morgan fingerprint density at radius 2 is 1.96 bits per heavy atom. The van der Waals surface area contributed by atoms with Crippen LogP contribution in [0.2, 0.25) is 0 Å². The fourth-order valence-corrected chi connectivity index (χ4v) is 5.29. The van der Waals surface area contributed by atoms with Crippen LogP contribution in [-0.2, 0) is 26.3 Å². The lowest BCUT2D eigenvalue weighted by atomic mass is 10.0. The molecule has 1 atom stereocenters. The fraction of sp³-hybridized carbons (Fsp3) is 0.667. The minimum atomic E-state index is -3.55. The van der Waals surface area contributed by atoms with Gasteiger partial charge in [0.15, 0.2) is 0 Å². The standard InChI is InChI=1S/C18H28N4O4S/c1-2-26-18(23)16-6-5-9-22(14-16)27(24,25)21-12-10-20(11-13-21)15-17-7-3-4-8-19-17/h3-4,7-8,16H,2,5-6,9-15H2,1H3/t16-/m1/s1. The van der Waals surface area contributed by atoms with Crippen molar-refractivity contribution in [3.8, 4) is 0 Å². The number of piperidine rings is 1. The van der Waals surface area contributed by atoms with Crippen molar-refractivity contribution in [2.45, 2.75) is 26.3 Å². The van der Waals surface area contributed by atoms with Crippen LogP contribution in [0.3, 0.4) is 0 Å². The van der Waals surface area contributed by atoms with E-state index in [0.29, 0.717) is 52.2 Å². The molecule has 2 fully saturated rings. The first kappa shape index (κ1) is 20.2. The third-order valence-electron chi connectivity index (χ3n) is 5.10. The average molecular weight is 397 g/mol. The van der Waals surface area contributed by atoms with Gasteiger partial charge in [0.05, 0.1) is 18.2 Å². The molecule has 0 aromatic carbocycles. The van der Waals surface area contributed by atoms with Crippen LogP contribution in [0.4, 0.5) is 0 Å². The molecule has 2 aliphatic heterocycles. The van der Waals surface area contributed by atoms with Crippen molar-refractivity contribution < 1.29 is 17.9 Å². The second kappa shape index (κ2) is 9.09. The van der Waals surface area contributed by atoms with Gasteiger partial charge in [-0.05, 0) is 31.9 Å². The number of rotatable bonds is 6. The Labute approximate surface area is 161 Å². The molecule has 3 heterocycles. The van der Waals surface area contributed by atoms with Crippen LogP contribution >= 0.6 is 0 Å². The number of hydrogen-bond acceptors (Lipinski definition) is 6. The van der Waals surface area contributed by atoms with Crippen LogP contribution in [-0.4, -0.2) is 78.8 Å². The molecule has 2 aliphatic rings. The number of ether oxygens (including phenoxy) is 1. The quantitative estimate of drug-likeness (QED) is 0.659. The van der Waals surface area contributed by atoms with Gasteiger partial charge in [-0.3, -0.25) is 14.7 Å². The van der Waals surface area contributed by atoms with Gasteiger partial charge in [-0.1, -0.05) is 6.07 Å². The van der Waals surface area contributed by atoms with E-state index >= 15 is 0 Å². The first-order chi connectivity index (χ1) is 13.0. The van der Waals surface area contributed by atoms with Crippen molar-refractivity contribution in [3.63, 3.8) is 0 Å². The number of hydrogen-bond donors (Lipinski definition) is 0. The predicted molar refractivity (Wildman–Crippen MR) is 101 cm³/mol. The third-order valence-corrected chi connectivity index (χ3v) is 7.10. The second-order valence-corrected chi connectivity index (χ2v) is 8.88. The number of carbonyl (C=O) groups is 1. The van der Waals surface area contributed by atoms with E-state index in [-0.39, 0.29) is 18.4 Å². The molecule has 1 aromatic rings. The summed E-state index contributed by atoms with van der Waals surface area (Å²) >= 11 is 0. The van der Waals surface area contributed by atoms with Crippen LogP contribution in [0.1, 0.15) is 25.5 Å². The van der Waals surface area contributed by atoms with Gasteiger partial charge in [0.25, 0.3) is 10.2 Å². The minimum Gasteiger partial charge on any atom is -0.466 e. The molecule has 2 saturated heterocycles. The van der Waals surface area contributed by atoms with Gasteiger partial charge in [0.1, 0.15) is 0 Å². The summed E-state index contributed by atoms with van der Waals surface area (Å²) in [5.74, 6) is -0.656. The van der Waals surface area contributed by atoms with Crippen LogP contribution < -0.4 is 0 Å². The Balaban J connectivity index is 1.55. The van der Waals surface area contributed by atoms with Gasteiger partial charge in [0.2, 0.25) is 0 Å². The highest BCUT2D eigenvalue weighted by Crippen LogP contribution is 2.23. The van der Waals surface area contributed by atoms with E-state index in [0.717, 1.165) is 12.2 Å². The largest absolute Gasteiger partial charge is 0.466 e. The zero-order valence-electron chi connectivity index (χ0n) is 15.8. The van der Waals surface area contributed by atoms with Crippen LogP contribution in [0.25, 0.3) is 0 Å². The maximum atomic E-state index is 13.0. The predicted octanol–water partition coefficient (Wildman–Crippen LogP) is 0.719. The Morgan fingerprint density at radius 1 is 1.19 bits per heavy atom. The molecule has 0 saturated carbocycles. The average Bonchev–Trinajstić information content (AvgIpc) is 2.69. The maximum absolute atomic E-state index is 13.0. The molecular weight excluding hydrogens is 368 g/mol. The molecule has 27 heavy (non-hydrogen) atoms. The van der Waals surface area contributed by atoms with Crippen LogP contribution in [0, 0.1) is 5.92 Å². The van der Waals surface area contributed by atoms with Gasteiger partial charge in [-0.25, -0.2) is 0 Å². The van der Waals surface area contributed by atoms with Gasteiger partial charge in [-0.15, -0.1) is 0 Å². The summed E-state index contributed by atoms with van der Waals surface area (Å²) in [6, 6.07) is 5.82. The summed E-state index contributed by atoms with van der Waals surface area (Å²) in [5.41, 5.74) is 0.988. The fourth-order valence-electron chi connectivity index (χ4n) is 3.61. The van der Waals surface area contributed by atoms with Crippen molar-refractivity contribution in [2.75, 3.05) is 45.9 Å². The smallest absolute Gasteiger partial charge is 0.310 e. The van der Waals surface area contributed by atoms with Gasteiger partial charge >= 0.3 is 5.97 Å². The molecule has 3 rings (SSSR count). The highest BCUT2D eigenvalue weighted by molar-refractivity contribution is 7.86. The molecule has 9 heteroatoms. The molecule has 0 bridgehead atoms. The number of carbonyl (C=O) groups excluding carboxylic acids is 1. The Hall–Kier alpha value is -1.55. The zero-order chi connectivity index (χ0) is 19.3. The van der Waals surface area contributed by atoms with E-state index in [2.05, 4.69) is 9.88 Å². The molecule has 0 unspecified atom stereocenters. The summed E-state index contributed by atoms with van der Waals surface area (Å²) in [6.45, 7) is 5.74. The second-order valence-electron chi connectivity index (χ2n) is 6.95.